The normalized spacial score (nSPS) is 11.4. The average molecular weight is 494 g/mol. The van der Waals surface area contributed by atoms with Crippen molar-refractivity contribution >= 4 is 15.1 Å². The largest absolute Gasteiger partial charge is 0.466 e. The molecule has 0 saturated heterocycles. The second kappa shape index (κ2) is 12.8. The molecule has 4 nitrogen and oxygen atoms in total. The molecule has 4 aromatic carbocycles. The lowest BCUT2D eigenvalue weighted by atomic mass is 10.2. The Morgan fingerprint density at radius 3 is 0.794 bits per heavy atom. The molecule has 0 spiro atoms. The van der Waals surface area contributed by atoms with E-state index in [4.69, 9.17) is 19.2 Å². The van der Waals surface area contributed by atoms with E-state index in [1.807, 2.05) is 0 Å². The van der Waals surface area contributed by atoms with Gasteiger partial charge in [-0.3, -0.25) is 0 Å². The van der Waals surface area contributed by atoms with Gasteiger partial charge in [0.25, 0.3) is 0 Å². The van der Waals surface area contributed by atoms with Crippen molar-refractivity contribution in [2.75, 3.05) is 0 Å². The van der Waals surface area contributed by atoms with E-state index in [1.165, 1.54) is 46.9 Å². The summed E-state index contributed by atoms with van der Waals surface area (Å²) in [6.07, 6.45) is 4.69. The van der Waals surface area contributed by atoms with Gasteiger partial charge in [-0.15, -0.1) is 0 Å². The molecule has 0 aliphatic heterocycles. The predicted molar refractivity (Wildman–Crippen MR) is 142 cm³/mol. The Hall–Kier alpha value is -2.58. The molecule has 0 amide bonds. The van der Waals surface area contributed by atoms with Crippen molar-refractivity contribution in [3.8, 4) is 0 Å². The van der Waals surface area contributed by atoms with Crippen molar-refractivity contribution in [2.24, 2.45) is 0 Å². The molecule has 0 fully saturated rings. The van der Waals surface area contributed by atoms with Gasteiger partial charge in [0.05, 0.1) is 24.6 Å². The minimum Gasteiger partial charge on any atom is -0.303 e. The fraction of sp³-hybridized carbons (Fsp3) is 0.143. The Balaban J connectivity index is 0.000000588. The Morgan fingerprint density at radius 2 is 0.618 bits per heavy atom. The Kier molecular flexibility index (Phi) is 9.77. The van der Waals surface area contributed by atoms with Crippen LogP contribution in [0.3, 0.4) is 0 Å². The highest BCUT2D eigenvalue weighted by molar-refractivity contribution is 7.72. The van der Waals surface area contributed by atoms with Crippen LogP contribution in [0.1, 0.15) is 22.3 Å². The zero-order valence-electron chi connectivity index (χ0n) is 19.0. The second-order valence-electron chi connectivity index (χ2n) is 8.43. The van der Waals surface area contributed by atoms with E-state index < -0.39 is 15.1 Å². The van der Waals surface area contributed by atoms with Crippen molar-refractivity contribution in [3.05, 3.63) is 144 Å². The standard InChI is InChI=1S/C28H28P.H3O4P/c1-5-13-25(14-6-1)21-29(22-26-15-7-2-8-16-26,23-27-17-9-3-10-18-27)24-28-19-11-4-12-20-28;1-5(2,3)4/h1-20H,21-24H2;(H3,1,2,3,4)/q+1;. The topological polar surface area (TPSA) is 77.8 Å². The zero-order chi connectivity index (χ0) is 24.3. The lowest BCUT2D eigenvalue weighted by Gasteiger charge is -2.29. The molecule has 176 valence electrons. The van der Waals surface area contributed by atoms with E-state index in [1.54, 1.807) is 0 Å². The molecule has 0 radical (unpaired) electrons. The predicted octanol–water partition coefficient (Wildman–Crippen LogP) is 6.88. The van der Waals surface area contributed by atoms with E-state index in [-0.39, 0.29) is 0 Å². The molecule has 4 aromatic rings. The number of hydrogen-bond acceptors (Lipinski definition) is 1. The van der Waals surface area contributed by atoms with Crippen molar-refractivity contribution < 1.29 is 19.2 Å². The summed E-state index contributed by atoms with van der Waals surface area (Å²) in [5.74, 6) is 0. The molecule has 0 unspecified atom stereocenters. The summed E-state index contributed by atoms with van der Waals surface area (Å²) >= 11 is 0. The lowest BCUT2D eigenvalue weighted by molar-refractivity contribution is 0.275. The highest BCUT2D eigenvalue weighted by atomic mass is 31.2. The van der Waals surface area contributed by atoms with Crippen LogP contribution >= 0.6 is 15.1 Å². The van der Waals surface area contributed by atoms with Crippen LogP contribution in [0.5, 0.6) is 0 Å². The molecular formula is C28H31O4P2+. The SMILES string of the molecule is O=P(O)(O)O.c1ccc(C[P+](Cc2ccccc2)(Cc2ccccc2)Cc2ccccc2)cc1. The average Bonchev–Trinajstić information content (AvgIpc) is 2.80. The zero-order valence-corrected chi connectivity index (χ0v) is 20.8. The summed E-state index contributed by atoms with van der Waals surface area (Å²) < 4.78 is 8.88. The summed E-state index contributed by atoms with van der Waals surface area (Å²) in [7, 11) is -6.02. The second-order valence-corrected chi connectivity index (χ2v) is 13.4. The number of benzene rings is 4. The minimum absolute atomic E-state index is 1.17. The van der Waals surface area contributed by atoms with Gasteiger partial charge in [0, 0.05) is 7.26 Å². The summed E-state index contributed by atoms with van der Waals surface area (Å²) in [5, 5.41) is 0. The highest BCUT2D eigenvalue weighted by Crippen LogP contribution is 2.68. The van der Waals surface area contributed by atoms with Crippen molar-refractivity contribution in [2.45, 2.75) is 24.6 Å². The third-order valence-electron chi connectivity index (χ3n) is 5.44. The summed E-state index contributed by atoms with van der Waals surface area (Å²) in [6, 6.07) is 44.3. The van der Waals surface area contributed by atoms with Gasteiger partial charge < -0.3 is 14.7 Å². The number of hydrogen-bond donors (Lipinski definition) is 3. The summed E-state index contributed by atoms with van der Waals surface area (Å²) in [6.45, 7) is 0. The maximum atomic E-state index is 8.88. The maximum absolute atomic E-state index is 8.88. The molecular weight excluding hydrogens is 462 g/mol. The van der Waals surface area contributed by atoms with Gasteiger partial charge >= 0.3 is 7.82 Å². The minimum atomic E-state index is -4.64. The van der Waals surface area contributed by atoms with Crippen LogP contribution in [0.2, 0.25) is 0 Å². The summed E-state index contributed by atoms with van der Waals surface area (Å²) in [5.41, 5.74) is 5.85. The number of rotatable bonds is 8. The van der Waals surface area contributed by atoms with Gasteiger partial charge in [-0.25, -0.2) is 4.57 Å². The van der Waals surface area contributed by atoms with Crippen LogP contribution in [0.4, 0.5) is 0 Å². The van der Waals surface area contributed by atoms with Gasteiger partial charge in [-0.2, -0.15) is 0 Å². The first-order chi connectivity index (χ1) is 16.3. The van der Waals surface area contributed by atoms with E-state index in [9.17, 15) is 0 Å². The molecule has 0 aliphatic rings. The third-order valence-corrected chi connectivity index (χ3v) is 9.59. The van der Waals surface area contributed by atoms with Gasteiger partial charge in [-0.05, 0) is 22.3 Å². The molecule has 3 N–H and O–H groups in total. The molecule has 6 heteroatoms. The molecule has 0 aliphatic carbocycles. The molecule has 0 bridgehead atoms. The van der Waals surface area contributed by atoms with Crippen LogP contribution in [-0.2, 0) is 29.2 Å². The molecule has 4 rings (SSSR count). The third kappa shape index (κ3) is 9.73. The van der Waals surface area contributed by atoms with E-state index in [0.29, 0.717) is 0 Å². The first kappa shape index (κ1) is 26.0. The number of phosphoric acid groups is 1. The van der Waals surface area contributed by atoms with Crippen LogP contribution in [0, 0.1) is 0 Å². The molecule has 0 saturated carbocycles. The van der Waals surface area contributed by atoms with Gasteiger partial charge in [0.2, 0.25) is 0 Å². The van der Waals surface area contributed by atoms with Crippen LogP contribution in [-0.4, -0.2) is 14.7 Å². The lowest BCUT2D eigenvalue weighted by Crippen LogP contribution is -2.08. The van der Waals surface area contributed by atoms with Crippen LogP contribution < -0.4 is 0 Å². The van der Waals surface area contributed by atoms with Crippen LogP contribution in [0.15, 0.2) is 121 Å². The molecule has 0 heterocycles. The van der Waals surface area contributed by atoms with Crippen molar-refractivity contribution in [3.63, 3.8) is 0 Å². The maximum Gasteiger partial charge on any atom is 0.466 e. The highest BCUT2D eigenvalue weighted by Gasteiger charge is 2.38. The van der Waals surface area contributed by atoms with E-state index in [2.05, 4.69) is 121 Å². The first-order valence-electron chi connectivity index (χ1n) is 11.1. The van der Waals surface area contributed by atoms with Gasteiger partial charge in [-0.1, -0.05) is 121 Å². The Labute approximate surface area is 202 Å². The Bertz CT molecular complexity index is 968. The van der Waals surface area contributed by atoms with E-state index in [0.717, 1.165) is 0 Å². The summed E-state index contributed by atoms with van der Waals surface area (Å²) in [4.78, 5) is 21.6. The van der Waals surface area contributed by atoms with Gasteiger partial charge in [0.15, 0.2) is 0 Å². The smallest absolute Gasteiger partial charge is 0.303 e. The van der Waals surface area contributed by atoms with Crippen LogP contribution in [0.25, 0.3) is 0 Å². The molecule has 0 aromatic heterocycles. The molecule has 34 heavy (non-hydrogen) atoms. The van der Waals surface area contributed by atoms with Crippen molar-refractivity contribution in [1.29, 1.82) is 0 Å². The van der Waals surface area contributed by atoms with Gasteiger partial charge in [0.1, 0.15) is 0 Å². The monoisotopic (exact) mass is 493 g/mol. The van der Waals surface area contributed by atoms with E-state index >= 15 is 0 Å². The van der Waals surface area contributed by atoms with Crippen molar-refractivity contribution in [1.82, 2.24) is 0 Å². The quantitative estimate of drug-likeness (QED) is 0.234. The Morgan fingerprint density at radius 1 is 0.441 bits per heavy atom. The molecule has 0 atom stereocenters. The first-order valence-corrected chi connectivity index (χ1v) is 15.2. The fourth-order valence-corrected chi connectivity index (χ4v) is 8.83. The fourth-order valence-electron chi connectivity index (χ4n) is 4.22.